The monoisotopic (exact) mass is 255 g/mol. The predicted molar refractivity (Wildman–Crippen MR) is 75.9 cm³/mol. The number of rotatable bonds is 6. The molecule has 0 aliphatic carbocycles. The smallest absolute Gasteiger partial charge is 0.144 e. The van der Waals surface area contributed by atoms with Gasteiger partial charge in [-0.2, -0.15) is 0 Å². The lowest BCUT2D eigenvalue weighted by Crippen LogP contribution is -2.32. The zero-order valence-electron chi connectivity index (χ0n) is 12.0. The Morgan fingerprint density at radius 2 is 1.78 bits per heavy atom. The van der Waals surface area contributed by atoms with Gasteiger partial charge in [-0.1, -0.05) is 38.3 Å². The third-order valence-electron chi connectivity index (χ3n) is 4.03. The fraction of sp³-hybridized carbons (Fsp3) is 0.929. The van der Waals surface area contributed by atoms with E-state index in [0.717, 1.165) is 12.8 Å². The molecule has 1 rings (SSSR count). The van der Waals surface area contributed by atoms with Crippen molar-refractivity contribution in [2.45, 2.75) is 58.8 Å². The number of unbranched alkanes of at least 4 members (excludes halogenated alkanes) is 1. The maximum atomic E-state index is 8.72. The molecule has 0 aromatic rings. The van der Waals surface area contributed by atoms with Gasteiger partial charge in [-0.05, 0) is 45.3 Å². The molecule has 0 amide bonds. The summed E-state index contributed by atoms with van der Waals surface area (Å²) in [7, 11) is 0. The minimum absolute atomic E-state index is 0.187. The molecule has 0 aromatic carbocycles. The largest absolute Gasteiger partial charge is 0.409 e. The molecule has 0 saturated carbocycles. The van der Waals surface area contributed by atoms with E-state index in [4.69, 9.17) is 10.9 Å². The highest BCUT2D eigenvalue weighted by molar-refractivity contribution is 5.85. The van der Waals surface area contributed by atoms with E-state index in [2.05, 4.69) is 10.1 Å². The fourth-order valence-electron chi connectivity index (χ4n) is 2.53. The zero-order valence-corrected chi connectivity index (χ0v) is 12.0. The lowest BCUT2D eigenvalue weighted by atomic mass is 9.86. The molecular formula is C14H29N3O. The summed E-state index contributed by atoms with van der Waals surface area (Å²) >= 11 is 0. The summed E-state index contributed by atoms with van der Waals surface area (Å²) < 4.78 is 0. The molecule has 1 saturated heterocycles. The van der Waals surface area contributed by atoms with Gasteiger partial charge in [0.05, 0.1) is 0 Å². The summed E-state index contributed by atoms with van der Waals surface area (Å²) in [6.07, 6.45) is 8.84. The second-order valence-corrected chi connectivity index (χ2v) is 6.08. The Hall–Kier alpha value is -0.770. The minimum atomic E-state index is -0.187. The van der Waals surface area contributed by atoms with Crippen molar-refractivity contribution in [2.24, 2.45) is 16.3 Å². The topological polar surface area (TPSA) is 61.8 Å². The van der Waals surface area contributed by atoms with Crippen LogP contribution >= 0.6 is 0 Å². The van der Waals surface area contributed by atoms with Crippen molar-refractivity contribution in [1.29, 1.82) is 0 Å². The molecule has 1 aliphatic rings. The molecule has 0 unspecified atom stereocenters. The third kappa shape index (κ3) is 5.25. The Morgan fingerprint density at radius 1 is 1.17 bits per heavy atom. The summed E-state index contributed by atoms with van der Waals surface area (Å²) in [5.74, 6) is 0.345. The average molecular weight is 255 g/mol. The van der Waals surface area contributed by atoms with E-state index in [1.165, 1.54) is 51.7 Å². The van der Waals surface area contributed by atoms with Gasteiger partial charge in [0, 0.05) is 5.41 Å². The number of nitrogens with zero attached hydrogens (tertiary/aromatic N) is 2. The van der Waals surface area contributed by atoms with Crippen molar-refractivity contribution < 1.29 is 5.21 Å². The number of oxime groups is 1. The first-order valence-electron chi connectivity index (χ1n) is 7.26. The van der Waals surface area contributed by atoms with Crippen LogP contribution < -0.4 is 5.73 Å². The van der Waals surface area contributed by atoms with Crippen LogP contribution in [-0.4, -0.2) is 35.6 Å². The van der Waals surface area contributed by atoms with Crippen LogP contribution in [0, 0.1) is 5.41 Å². The number of likely N-dealkylation sites (tertiary alicyclic amines) is 1. The molecule has 1 aliphatic heterocycles. The first-order valence-corrected chi connectivity index (χ1v) is 7.26. The molecule has 0 bridgehead atoms. The highest BCUT2D eigenvalue weighted by Gasteiger charge is 2.22. The molecule has 18 heavy (non-hydrogen) atoms. The highest BCUT2D eigenvalue weighted by atomic mass is 16.4. The highest BCUT2D eigenvalue weighted by Crippen LogP contribution is 2.23. The van der Waals surface area contributed by atoms with E-state index in [9.17, 15) is 0 Å². The van der Waals surface area contributed by atoms with Crippen LogP contribution in [0.15, 0.2) is 5.16 Å². The number of nitrogens with two attached hydrogens (primary N) is 1. The Balaban J connectivity index is 2.17. The van der Waals surface area contributed by atoms with Gasteiger partial charge in [0.2, 0.25) is 0 Å². The Labute approximate surface area is 111 Å². The molecule has 0 aromatic heterocycles. The van der Waals surface area contributed by atoms with Crippen molar-refractivity contribution in [3.8, 4) is 0 Å². The standard InChI is InChI=1S/C14H29N3O/c1-14(2,13(15)16-18)9-5-8-12-17-10-6-3-4-7-11-17/h18H,3-12H2,1-2H3,(H2,15,16). The SMILES string of the molecule is CC(C)(CCCCN1CCCCCC1)C(N)=NO. The zero-order chi connectivity index (χ0) is 13.4. The van der Waals surface area contributed by atoms with Crippen LogP contribution in [0.3, 0.4) is 0 Å². The molecular weight excluding hydrogens is 226 g/mol. The van der Waals surface area contributed by atoms with Crippen molar-refractivity contribution in [3.63, 3.8) is 0 Å². The maximum Gasteiger partial charge on any atom is 0.144 e. The van der Waals surface area contributed by atoms with Crippen LogP contribution in [-0.2, 0) is 0 Å². The lowest BCUT2D eigenvalue weighted by Gasteiger charge is -2.24. The Kier molecular flexibility index (Phi) is 6.47. The van der Waals surface area contributed by atoms with E-state index in [0.29, 0.717) is 5.84 Å². The van der Waals surface area contributed by atoms with Crippen molar-refractivity contribution >= 4 is 5.84 Å². The molecule has 0 atom stereocenters. The fourth-order valence-corrected chi connectivity index (χ4v) is 2.53. The average Bonchev–Trinajstić information content (AvgIpc) is 2.62. The van der Waals surface area contributed by atoms with E-state index in [-0.39, 0.29) is 5.41 Å². The molecule has 106 valence electrons. The third-order valence-corrected chi connectivity index (χ3v) is 4.03. The van der Waals surface area contributed by atoms with Crippen molar-refractivity contribution in [3.05, 3.63) is 0 Å². The first-order chi connectivity index (χ1) is 8.56. The molecule has 4 nitrogen and oxygen atoms in total. The van der Waals surface area contributed by atoms with Gasteiger partial charge < -0.3 is 15.8 Å². The number of amidine groups is 1. The van der Waals surface area contributed by atoms with E-state index < -0.39 is 0 Å². The van der Waals surface area contributed by atoms with Crippen molar-refractivity contribution in [2.75, 3.05) is 19.6 Å². The van der Waals surface area contributed by atoms with Gasteiger partial charge in [0.25, 0.3) is 0 Å². The van der Waals surface area contributed by atoms with Gasteiger partial charge >= 0.3 is 0 Å². The minimum Gasteiger partial charge on any atom is -0.409 e. The number of hydrogen-bond acceptors (Lipinski definition) is 3. The summed E-state index contributed by atoms with van der Waals surface area (Å²) in [6, 6.07) is 0. The second-order valence-electron chi connectivity index (χ2n) is 6.08. The van der Waals surface area contributed by atoms with Crippen LogP contribution in [0.2, 0.25) is 0 Å². The van der Waals surface area contributed by atoms with Gasteiger partial charge in [-0.3, -0.25) is 0 Å². The van der Waals surface area contributed by atoms with Gasteiger partial charge in [-0.15, -0.1) is 0 Å². The van der Waals surface area contributed by atoms with Gasteiger partial charge in [0.15, 0.2) is 0 Å². The Bertz CT molecular complexity index is 256. The summed E-state index contributed by atoms with van der Waals surface area (Å²) in [5.41, 5.74) is 5.50. The molecule has 0 radical (unpaired) electrons. The van der Waals surface area contributed by atoms with Crippen LogP contribution in [0.25, 0.3) is 0 Å². The predicted octanol–water partition coefficient (Wildman–Crippen LogP) is 2.81. The van der Waals surface area contributed by atoms with Gasteiger partial charge in [0.1, 0.15) is 5.84 Å². The van der Waals surface area contributed by atoms with Crippen molar-refractivity contribution in [1.82, 2.24) is 4.90 Å². The molecule has 1 heterocycles. The quantitative estimate of drug-likeness (QED) is 0.252. The second kappa shape index (κ2) is 7.62. The maximum absolute atomic E-state index is 8.72. The van der Waals surface area contributed by atoms with E-state index >= 15 is 0 Å². The molecule has 4 heteroatoms. The molecule has 1 fully saturated rings. The summed E-state index contributed by atoms with van der Waals surface area (Å²) in [5, 5.41) is 11.8. The van der Waals surface area contributed by atoms with Crippen LogP contribution in [0.1, 0.15) is 58.8 Å². The lowest BCUT2D eigenvalue weighted by molar-refractivity contribution is 0.271. The van der Waals surface area contributed by atoms with Crippen LogP contribution in [0.4, 0.5) is 0 Å². The first kappa shape index (κ1) is 15.3. The van der Waals surface area contributed by atoms with Crippen LogP contribution in [0.5, 0.6) is 0 Å². The number of hydrogen-bond donors (Lipinski definition) is 2. The summed E-state index contributed by atoms with van der Waals surface area (Å²) in [4.78, 5) is 2.59. The van der Waals surface area contributed by atoms with E-state index in [1.807, 2.05) is 13.8 Å². The normalized spacial score (nSPS) is 19.8. The summed E-state index contributed by atoms with van der Waals surface area (Å²) in [6.45, 7) is 7.81. The van der Waals surface area contributed by atoms with Gasteiger partial charge in [-0.25, -0.2) is 0 Å². The Morgan fingerprint density at radius 3 is 2.33 bits per heavy atom. The van der Waals surface area contributed by atoms with E-state index in [1.54, 1.807) is 0 Å². The molecule has 3 N–H and O–H groups in total. The molecule has 0 spiro atoms.